The van der Waals surface area contributed by atoms with Gasteiger partial charge in [0, 0.05) is 24.5 Å². The highest BCUT2D eigenvalue weighted by Crippen LogP contribution is 2.24. The zero-order valence-corrected chi connectivity index (χ0v) is 12.9. The number of rotatable bonds is 6. The van der Waals surface area contributed by atoms with Crippen molar-refractivity contribution in [1.82, 2.24) is 10.2 Å². The largest absolute Gasteiger partial charge is 0.356 e. The number of nitrogens with zero attached hydrogens (tertiary/aromatic N) is 1. The average Bonchev–Trinajstić information content (AvgIpc) is 2.87. The van der Waals surface area contributed by atoms with Crippen molar-refractivity contribution in [2.75, 3.05) is 19.6 Å². The molecule has 4 nitrogen and oxygen atoms in total. The number of nitrogens with one attached hydrogen (secondary N) is 1. The van der Waals surface area contributed by atoms with Gasteiger partial charge < -0.3 is 16.0 Å². The lowest BCUT2D eigenvalue weighted by molar-refractivity contribution is -0.124. The zero-order valence-electron chi connectivity index (χ0n) is 12.9. The summed E-state index contributed by atoms with van der Waals surface area (Å²) in [5.74, 6) is 0.399. The Hall–Kier alpha value is -0.610. The molecule has 20 heavy (non-hydrogen) atoms. The van der Waals surface area contributed by atoms with E-state index in [1.807, 2.05) is 0 Å². The number of likely N-dealkylation sites (tertiary alicyclic amines) is 1. The molecule has 1 amide bonds. The Bertz CT molecular complexity index is 308. The fourth-order valence-electron chi connectivity index (χ4n) is 3.54. The number of unbranched alkanes of at least 4 members (excludes halogenated alkanes) is 1. The highest BCUT2D eigenvalue weighted by Gasteiger charge is 2.27. The van der Waals surface area contributed by atoms with Crippen molar-refractivity contribution in [2.45, 2.75) is 70.4 Å². The fourth-order valence-corrected chi connectivity index (χ4v) is 3.54. The topological polar surface area (TPSA) is 58.4 Å². The number of carbonyl (C=O) groups excluding carboxylic acids is 1. The SMILES string of the molecule is CC1CCCCN1CCCCNC(=O)C1CCC(N)C1. The summed E-state index contributed by atoms with van der Waals surface area (Å²) in [5.41, 5.74) is 5.85. The average molecular weight is 281 g/mol. The molecule has 2 rings (SSSR count). The van der Waals surface area contributed by atoms with Crippen molar-refractivity contribution in [2.24, 2.45) is 11.7 Å². The molecule has 1 saturated heterocycles. The molecule has 2 aliphatic rings. The third kappa shape index (κ3) is 4.74. The van der Waals surface area contributed by atoms with Crippen molar-refractivity contribution in [3.8, 4) is 0 Å². The molecule has 116 valence electrons. The minimum atomic E-state index is 0.173. The first-order chi connectivity index (χ1) is 9.66. The molecule has 3 atom stereocenters. The first-order valence-corrected chi connectivity index (χ1v) is 8.44. The van der Waals surface area contributed by atoms with Crippen LogP contribution < -0.4 is 11.1 Å². The number of hydrogen-bond donors (Lipinski definition) is 2. The first-order valence-electron chi connectivity index (χ1n) is 8.44. The van der Waals surface area contributed by atoms with Crippen molar-refractivity contribution < 1.29 is 4.79 Å². The molecule has 1 aliphatic heterocycles. The highest BCUT2D eigenvalue weighted by atomic mass is 16.1. The van der Waals surface area contributed by atoms with Gasteiger partial charge in [0.1, 0.15) is 0 Å². The van der Waals surface area contributed by atoms with Crippen LogP contribution in [0.1, 0.15) is 58.3 Å². The van der Waals surface area contributed by atoms with E-state index in [0.717, 1.165) is 38.3 Å². The van der Waals surface area contributed by atoms with E-state index in [1.54, 1.807) is 0 Å². The lowest BCUT2D eigenvalue weighted by atomic mass is 10.0. The van der Waals surface area contributed by atoms with Crippen LogP contribution in [0.4, 0.5) is 0 Å². The van der Waals surface area contributed by atoms with Gasteiger partial charge in [0.25, 0.3) is 0 Å². The Morgan fingerprint density at radius 1 is 1.25 bits per heavy atom. The van der Waals surface area contributed by atoms with Gasteiger partial charge in [-0.3, -0.25) is 4.79 Å². The molecule has 0 radical (unpaired) electrons. The van der Waals surface area contributed by atoms with Gasteiger partial charge in [-0.15, -0.1) is 0 Å². The second-order valence-corrected chi connectivity index (χ2v) is 6.65. The standard InChI is InChI=1S/C16H31N3O/c1-13-6-2-4-10-19(13)11-5-3-9-18-16(20)14-7-8-15(17)12-14/h13-15H,2-12,17H2,1H3,(H,18,20). The Morgan fingerprint density at radius 2 is 2.10 bits per heavy atom. The van der Waals surface area contributed by atoms with Crippen molar-refractivity contribution in [1.29, 1.82) is 0 Å². The van der Waals surface area contributed by atoms with Crippen LogP contribution in [0, 0.1) is 5.92 Å². The van der Waals surface area contributed by atoms with Crippen molar-refractivity contribution in [3.05, 3.63) is 0 Å². The molecule has 0 spiro atoms. The normalized spacial score (nSPS) is 31.4. The molecule has 2 fully saturated rings. The Kier molecular flexibility index (Phi) is 6.30. The van der Waals surface area contributed by atoms with E-state index in [0.29, 0.717) is 0 Å². The van der Waals surface area contributed by atoms with Crippen LogP contribution >= 0.6 is 0 Å². The molecule has 0 bridgehead atoms. The van der Waals surface area contributed by atoms with Crippen LogP contribution in [0.3, 0.4) is 0 Å². The van der Waals surface area contributed by atoms with Gasteiger partial charge in [-0.2, -0.15) is 0 Å². The highest BCUT2D eigenvalue weighted by molar-refractivity contribution is 5.78. The number of amides is 1. The summed E-state index contributed by atoms with van der Waals surface area (Å²) in [6, 6.07) is 0.990. The molecule has 1 saturated carbocycles. The minimum Gasteiger partial charge on any atom is -0.356 e. The van der Waals surface area contributed by atoms with Crippen LogP contribution in [0.2, 0.25) is 0 Å². The van der Waals surface area contributed by atoms with E-state index in [4.69, 9.17) is 5.73 Å². The quantitative estimate of drug-likeness (QED) is 0.731. The Morgan fingerprint density at radius 3 is 2.80 bits per heavy atom. The summed E-state index contributed by atoms with van der Waals surface area (Å²) >= 11 is 0. The van der Waals surface area contributed by atoms with Crippen LogP contribution in [0.15, 0.2) is 0 Å². The van der Waals surface area contributed by atoms with Crippen LogP contribution in [-0.4, -0.2) is 42.5 Å². The number of piperidine rings is 1. The van der Waals surface area contributed by atoms with E-state index < -0.39 is 0 Å². The first kappa shape index (κ1) is 15.8. The van der Waals surface area contributed by atoms with Gasteiger partial charge in [0.2, 0.25) is 5.91 Å². The third-order valence-electron chi connectivity index (χ3n) is 4.96. The van der Waals surface area contributed by atoms with Crippen LogP contribution in [0.5, 0.6) is 0 Å². The summed E-state index contributed by atoms with van der Waals surface area (Å²) in [6.07, 6.45) is 9.21. The van der Waals surface area contributed by atoms with E-state index in [9.17, 15) is 4.79 Å². The van der Waals surface area contributed by atoms with Crippen LogP contribution in [-0.2, 0) is 4.79 Å². The predicted octanol–water partition coefficient (Wildman–Crippen LogP) is 1.88. The van der Waals surface area contributed by atoms with E-state index in [2.05, 4.69) is 17.1 Å². The smallest absolute Gasteiger partial charge is 0.223 e. The molecule has 0 aromatic carbocycles. The molecular formula is C16H31N3O. The van der Waals surface area contributed by atoms with Crippen LogP contribution in [0.25, 0.3) is 0 Å². The molecule has 0 aromatic rings. The van der Waals surface area contributed by atoms with Gasteiger partial charge in [-0.25, -0.2) is 0 Å². The van der Waals surface area contributed by atoms with E-state index >= 15 is 0 Å². The van der Waals surface area contributed by atoms with Crippen molar-refractivity contribution >= 4 is 5.91 Å². The van der Waals surface area contributed by atoms with E-state index in [1.165, 1.54) is 38.8 Å². The summed E-state index contributed by atoms with van der Waals surface area (Å²) in [5, 5.41) is 3.08. The molecule has 0 aromatic heterocycles. The van der Waals surface area contributed by atoms with Gasteiger partial charge in [-0.1, -0.05) is 6.42 Å². The summed E-state index contributed by atoms with van der Waals surface area (Å²) in [7, 11) is 0. The maximum atomic E-state index is 11.9. The zero-order chi connectivity index (χ0) is 14.4. The van der Waals surface area contributed by atoms with E-state index in [-0.39, 0.29) is 17.9 Å². The van der Waals surface area contributed by atoms with Gasteiger partial charge >= 0.3 is 0 Å². The molecule has 1 aliphatic carbocycles. The fraction of sp³-hybridized carbons (Fsp3) is 0.938. The number of nitrogens with two attached hydrogens (primary N) is 1. The summed E-state index contributed by atoms with van der Waals surface area (Å²) in [6.45, 7) is 5.61. The van der Waals surface area contributed by atoms with Gasteiger partial charge in [0.15, 0.2) is 0 Å². The minimum absolute atomic E-state index is 0.173. The monoisotopic (exact) mass is 281 g/mol. The second kappa shape index (κ2) is 7.99. The third-order valence-corrected chi connectivity index (χ3v) is 4.96. The molecule has 4 heteroatoms. The maximum Gasteiger partial charge on any atom is 0.223 e. The molecule has 3 N–H and O–H groups in total. The number of carbonyl (C=O) groups is 1. The summed E-state index contributed by atoms with van der Waals surface area (Å²) < 4.78 is 0. The lowest BCUT2D eigenvalue weighted by Gasteiger charge is -2.33. The van der Waals surface area contributed by atoms with Gasteiger partial charge in [-0.05, 0) is 65.0 Å². The molecule has 3 unspecified atom stereocenters. The number of hydrogen-bond acceptors (Lipinski definition) is 3. The second-order valence-electron chi connectivity index (χ2n) is 6.65. The van der Waals surface area contributed by atoms with Crippen molar-refractivity contribution in [3.63, 3.8) is 0 Å². The van der Waals surface area contributed by atoms with Gasteiger partial charge in [0.05, 0.1) is 0 Å². The molecular weight excluding hydrogens is 250 g/mol. The Balaban J connectivity index is 1.52. The summed E-state index contributed by atoms with van der Waals surface area (Å²) in [4.78, 5) is 14.5. The maximum absolute atomic E-state index is 11.9. The lowest BCUT2D eigenvalue weighted by Crippen LogP contribution is -2.38. The molecule has 1 heterocycles. The predicted molar refractivity (Wildman–Crippen MR) is 82.4 cm³/mol. The Labute approximate surface area is 123 Å².